The number of benzene rings is 3. The lowest BCUT2D eigenvalue weighted by Crippen LogP contribution is -2.27. The first-order valence-electron chi connectivity index (χ1n) is 8.76. The van der Waals surface area contributed by atoms with Crippen LogP contribution in [-0.4, -0.2) is 17.0 Å². The van der Waals surface area contributed by atoms with Gasteiger partial charge in [0.05, 0.1) is 5.56 Å². The SMILES string of the molecule is N#Cc1cccc(F)c1Oc1ccc(C=C(NC(=O)c2ccccc2)C(=O)O)cc1. The Morgan fingerprint density at radius 2 is 1.70 bits per heavy atom. The highest BCUT2D eigenvalue weighted by molar-refractivity contribution is 6.02. The third-order valence-electron chi connectivity index (χ3n) is 4.01. The smallest absolute Gasteiger partial charge is 0.352 e. The third kappa shape index (κ3) is 4.88. The predicted molar refractivity (Wildman–Crippen MR) is 107 cm³/mol. The molecular formula is C23H15FN2O4. The summed E-state index contributed by atoms with van der Waals surface area (Å²) in [5.41, 5.74) is 0.544. The Hall–Kier alpha value is -4.44. The molecular weight excluding hydrogens is 387 g/mol. The first-order chi connectivity index (χ1) is 14.5. The summed E-state index contributed by atoms with van der Waals surface area (Å²) in [5.74, 6) is -2.45. The molecule has 7 heteroatoms. The number of ether oxygens (including phenoxy) is 1. The summed E-state index contributed by atoms with van der Waals surface area (Å²) in [4.78, 5) is 23.7. The quantitative estimate of drug-likeness (QED) is 0.598. The van der Waals surface area contributed by atoms with Crippen LogP contribution in [0.15, 0.2) is 78.5 Å². The van der Waals surface area contributed by atoms with Gasteiger partial charge in [-0.1, -0.05) is 36.4 Å². The van der Waals surface area contributed by atoms with E-state index in [1.807, 2.05) is 6.07 Å². The van der Waals surface area contributed by atoms with Crippen molar-refractivity contribution < 1.29 is 23.8 Å². The lowest BCUT2D eigenvalue weighted by atomic mass is 10.1. The van der Waals surface area contributed by atoms with Gasteiger partial charge in [-0.25, -0.2) is 9.18 Å². The van der Waals surface area contributed by atoms with E-state index in [0.717, 1.165) is 0 Å². The van der Waals surface area contributed by atoms with Crippen LogP contribution >= 0.6 is 0 Å². The van der Waals surface area contributed by atoms with Crippen molar-refractivity contribution in [3.8, 4) is 17.6 Å². The number of amides is 1. The first-order valence-corrected chi connectivity index (χ1v) is 8.76. The Kier molecular flexibility index (Phi) is 6.20. The van der Waals surface area contributed by atoms with Crippen LogP contribution in [-0.2, 0) is 4.79 Å². The summed E-state index contributed by atoms with van der Waals surface area (Å²) >= 11 is 0. The minimum absolute atomic E-state index is 0.0516. The number of nitrogens with one attached hydrogen (secondary N) is 1. The molecule has 0 bridgehead atoms. The number of halogens is 1. The number of rotatable bonds is 6. The molecule has 1 amide bonds. The summed E-state index contributed by atoms with van der Waals surface area (Å²) in [6.07, 6.45) is 1.29. The van der Waals surface area contributed by atoms with Gasteiger partial charge in [0.2, 0.25) is 0 Å². The maximum absolute atomic E-state index is 13.9. The van der Waals surface area contributed by atoms with E-state index in [-0.39, 0.29) is 22.8 Å². The van der Waals surface area contributed by atoms with Crippen LogP contribution in [0.25, 0.3) is 6.08 Å². The summed E-state index contributed by atoms with van der Waals surface area (Å²) in [5, 5.41) is 20.8. The molecule has 0 spiro atoms. The highest BCUT2D eigenvalue weighted by Gasteiger charge is 2.14. The largest absolute Gasteiger partial charge is 0.477 e. The van der Waals surface area contributed by atoms with Gasteiger partial charge in [0.1, 0.15) is 17.5 Å². The molecule has 0 aromatic heterocycles. The highest BCUT2D eigenvalue weighted by atomic mass is 19.1. The van der Waals surface area contributed by atoms with Crippen molar-refractivity contribution in [2.45, 2.75) is 0 Å². The zero-order chi connectivity index (χ0) is 21.5. The van der Waals surface area contributed by atoms with E-state index < -0.39 is 17.7 Å². The Labute approximate surface area is 171 Å². The molecule has 6 nitrogen and oxygen atoms in total. The lowest BCUT2D eigenvalue weighted by molar-refractivity contribution is -0.132. The van der Waals surface area contributed by atoms with E-state index in [0.29, 0.717) is 11.1 Å². The van der Waals surface area contributed by atoms with Gasteiger partial charge in [-0.05, 0) is 48.0 Å². The van der Waals surface area contributed by atoms with Crippen molar-refractivity contribution in [2.24, 2.45) is 0 Å². The zero-order valence-electron chi connectivity index (χ0n) is 15.5. The van der Waals surface area contributed by atoms with Crippen LogP contribution in [0.1, 0.15) is 21.5 Å². The summed E-state index contributed by atoms with van der Waals surface area (Å²) < 4.78 is 19.4. The van der Waals surface area contributed by atoms with E-state index in [4.69, 9.17) is 10.00 Å². The lowest BCUT2D eigenvalue weighted by Gasteiger charge is -2.09. The molecule has 0 aliphatic rings. The second kappa shape index (κ2) is 9.17. The van der Waals surface area contributed by atoms with E-state index in [1.165, 1.54) is 36.4 Å². The van der Waals surface area contributed by atoms with Gasteiger partial charge in [0.25, 0.3) is 5.91 Å². The van der Waals surface area contributed by atoms with Crippen LogP contribution < -0.4 is 10.1 Å². The molecule has 0 aliphatic carbocycles. The topological polar surface area (TPSA) is 99.4 Å². The van der Waals surface area contributed by atoms with Gasteiger partial charge < -0.3 is 15.2 Å². The third-order valence-corrected chi connectivity index (χ3v) is 4.01. The monoisotopic (exact) mass is 402 g/mol. The highest BCUT2D eigenvalue weighted by Crippen LogP contribution is 2.28. The maximum Gasteiger partial charge on any atom is 0.352 e. The van der Waals surface area contributed by atoms with Gasteiger partial charge >= 0.3 is 5.97 Å². The summed E-state index contributed by atoms with van der Waals surface area (Å²) in [6, 6.07) is 20.2. The number of nitriles is 1. The molecule has 2 N–H and O–H groups in total. The van der Waals surface area contributed by atoms with Gasteiger partial charge in [-0.3, -0.25) is 4.79 Å². The Morgan fingerprint density at radius 1 is 1.00 bits per heavy atom. The standard InChI is InChI=1S/C23H15FN2O4/c24-19-8-4-7-17(14-25)21(19)30-18-11-9-15(10-12-18)13-20(23(28)29)26-22(27)16-5-2-1-3-6-16/h1-13H,(H,26,27)(H,28,29). The average Bonchev–Trinajstić information content (AvgIpc) is 2.76. The van der Waals surface area contributed by atoms with Crippen molar-refractivity contribution in [3.05, 3.63) is 101 Å². The average molecular weight is 402 g/mol. The summed E-state index contributed by atoms with van der Waals surface area (Å²) in [6.45, 7) is 0. The molecule has 0 saturated carbocycles. The first kappa shape index (κ1) is 20.3. The van der Waals surface area contributed by atoms with E-state index >= 15 is 0 Å². The van der Waals surface area contributed by atoms with Gasteiger partial charge in [-0.15, -0.1) is 0 Å². The number of hydrogen-bond acceptors (Lipinski definition) is 4. The number of carboxylic acids is 1. The van der Waals surface area contributed by atoms with Crippen LogP contribution in [0, 0.1) is 17.1 Å². The Morgan fingerprint density at radius 3 is 2.33 bits per heavy atom. The minimum Gasteiger partial charge on any atom is -0.477 e. The van der Waals surface area contributed by atoms with Crippen molar-refractivity contribution in [1.29, 1.82) is 5.26 Å². The minimum atomic E-state index is -1.30. The normalized spacial score (nSPS) is 10.7. The molecule has 0 radical (unpaired) electrons. The molecule has 30 heavy (non-hydrogen) atoms. The molecule has 0 saturated heterocycles. The predicted octanol–water partition coefficient (Wildman–Crippen LogP) is 4.35. The van der Waals surface area contributed by atoms with Gasteiger partial charge in [0.15, 0.2) is 11.6 Å². The number of nitrogens with zero attached hydrogens (tertiary/aromatic N) is 1. The van der Waals surface area contributed by atoms with Crippen LogP contribution in [0.3, 0.4) is 0 Å². The van der Waals surface area contributed by atoms with Crippen LogP contribution in [0.4, 0.5) is 4.39 Å². The van der Waals surface area contributed by atoms with Crippen molar-refractivity contribution in [2.75, 3.05) is 0 Å². The molecule has 3 rings (SSSR count). The fraction of sp³-hybridized carbons (Fsp3) is 0. The van der Waals surface area contributed by atoms with Crippen LogP contribution in [0.5, 0.6) is 11.5 Å². The van der Waals surface area contributed by atoms with Gasteiger partial charge in [-0.2, -0.15) is 5.26 Å². The van der Waals surface area contributed by atoms with Crippen molar-refractivity contribution in [3.63, 3.8) is 0 Å². The molecule has 0 atom stereocenters. The van der Waals surface area contributed by atoms with Gasteiger partial charge in [0, 0.05) is 5.56 Å². The maximum atomic E-state index is 13.9. The zero-order valence-corrected chi connectivity index (χ0v) is 15.5. The van der Waals surface area contributed by atoms with Crippen molar-refractivity contribution in [1.82, 2.24) is 5.32 Å². The number of carboxylic acid groups (broad SMARTS) is 1. The molecule has 3 aromatic rings. The fourth-order valence-electron chi connectivity index (χ4n) is 2.55. The molecule has 148 valence electrons. The van der Waals surface area contributed by atoms with Crippen molar-refractivity contribution >= 4 is 18.0 Å². The Bertz CT molecular complexity index is 1150. The number of carbonyl (C=O) groups excluding carboxylic acids is 1. The molecule has 3 aromatic carbocycles. The molecule has 0 unspecified atom stereocenters. The summed E-state index contributed by atoms with van der Waals surface area (Å²) in [7, 11) is 0. The molecule has 0 fully saturated rings. The van der Waals surface area contributed by atoms with E-state index in [1.54, 1.807) is 42.5 Å². The Balaban J connectivity index is 1.79. The number of hydrogen-bond donors (Lipinski definition) is 2. The fourth-order valence-corrected chi connectivity index (χ4v) is 2.55. The van der Waals surface area contributed by atoms with E-state index in [2.05, 4.69) is 5.32 Å². The molecule has 0 aliphatic heterocycles. The second-order valence-corrected chi connectivity index (χ2v) is 6.08. The second-order valence-electron chi connectivity index (χ2n) is 6.08. The van der Waals surface area contributed by atoms with E-state index in [9.17, 15) is 19.1 Å². The number of carbonyl (C=O) groups is 2. The number of para-hydroxylation sites is 1. The van der Waals surface area contributed by atoms with Crippen LogP contribution in [0.2, 0.25) is 0 Å². The number of aliphatic carboxylic acids is 1. The molecule has 0 heterocycles.